The summed E-state index contributed by atoms with van der Waals surface area (Å²) in [6.07, 6.45) is 2.86. The number of pyridine rings is 1. The van der Waals surface area contributed by atoms with Gasteiger partial charge in [0, 0.05) is 18.1 Å². The maximum Gasteiger partial charge on any atom is 0.338 e. The molecule has 1 aromatic carbocycles. The van der Waals surface area contributed by atoms with Crippen LogP contribution in [-0.2, 0) is 9.53 Å². The smallest absolute Gasteiger partial charge is 0.338 e. The van der Waals surface area contributed by atoms with Gasteiger partial charge < -0.3 is 9.84 Å². The number of carbonyl (C=O) groups excluding carboxylic acids is 3. The highest BCUT2D eigenvalue weighted by Gasteiger charge is 2.44. The number of ketones is 1. The lowest BCUT2D eigenvalue weighted by atomic mass is 9.96. The number of aliphatic hydroxyl groups excluding tert-OH is 1. The van der Waals surface area contributed by atoms with Crippen LogP contribution in [0.3, 0.4) is 0 Å². The third-order valence-electron chi connectivity index (χ3n) is 4.94. The second-order valence-corrected chi connectivity index (χ2v) is 8.38. The van der Waals surface area contributed by atoms with Gasteiger partial charge in [0.2, 0.25) is 5.78 Å². The summed E-state index contributed by atoms with van der Waals surface area (Å²) in [5.74, 6) is -2.16. The molecule has 4 rings (SSSR count). The third kappa shape index (κ3) is 3.92. The van der Waals surface area contributed by atoms with Gasteiger partial charge in [0.25, 0.3) is 5.91 Å². The first kappa shape index (κ1) is 21.5. The molecule has 1 amide bonds. The van der Waals surface area contributed by atoms with Gasteiger partial charge in [0.1, 0.15) is 0 Å². The van der Waals surface area contributed by atoms with Gasteiger partial charge in [-0.3, -0.25) is 19.5 Å². The standard InChI is InChI=1S/C24H20N2O5S/c1-14(2)31-24(30)16-5-7-17(8-6-16)26-20(15-9-11-25-12-10-15)19(22(28)23(26)29)21(27)18-4-3-13-32-18/h3-14,20,28H,1-2H3. The lowest BCUT2D eigenvalue weighted by Gasteiger charge is -2.27. The van der Waals surface area contributed by atoms with Crippen molar-refractivity contribution in [1.82, 2.24) is 4.98 Å². The Hall–Kier alpha value is -3.78. The van der Waals surface area contributed by atoms with Crippen molar-refractivity contribution in [3.05, 3.63) is 93.6 Å². The van der Waals surface area contributed by atoms with Gasteiger partial charge in [0.05, 0.1) is 28.2 Å². The summed E-state index contributed by atoms with van der Waals surface area (Å²) in [6, 6.07) is 12.2. The minimum atomic E-state index is -0.839. The second kappa shape index (κ2) is 8.76. The number of amides is 1. The molecular formula is C24H20N2O5S. The molecule has 1 aliphatic heterocycles. The molecular weight excluding hydrogens is 428 g/mol. The van der Waals surface area contributed by atoms with Crippen LogP contribution in [0.5, 0.6) is 0 Å². The molecule has 32 heavy (non-hydrogen) atoms. The molecule has 3 heterocycles. The number of benzene rings is 1. The van der Waals surface area contributed by atoms with Crippen molar-refractivity contribution in [3.63, 3.8) is 0 Å². The van der Waals surface area contributed by atoms with Crippen molar-refractivity contribution < 1.29 is 24.2 Å². The van der Waals surface area contributed by atoms with Crippen LogP contribution in [0.1, 0.15) is 45.5 Å². The van der Waals surface area contributed by atoms with Crippen LogP contribution < -0.4 is 4.90 Å². The highest BCUT2D eigenvalue weighted by atomic mass is 32.1. The molecule has 0 radical (unpaired) electrons. The minimum Gasteiger partial charge on any atom is -0.503 e. The topological polar surface area (TPSA) is 96.8 Å². The van der Waals surface area contributed by atoms with E-state index in [2.05, 4.69) is 4.98 Å². The summed E-state index contributed by atoms with van der Waals surface area (Å²) in [6.45, 7) is 3.52. The first-order valence-electron chi connectivity index (χ1n) is 9.94. The molecule has 162 valence electrons. The second-order valence-electron chi connectivity index (χ2n) is 7.43. The number of ether oxygens (including phenoxy) is 1. The van der Waals surface area contributed by atoms with Crippen LogP contribution in [-0.4, -0.2) is 33.9 Å². The number of aliphatic hydroxyl groups is 1. The van der Waals surface area contributed by atoms with Crippen LogP contribution in [0.25, 0.3) is 0 Å². The number of anilines is 1. The zero-order chi connectivity index (χ0) is 22.8. The summed E-state index contributed by atoms with van der Waals surface area (Å²) in [5, 5.41) is 12.5. The Morgan fingerprint density at radius 3 is 2.38 bits per heavy atom. The van der Waals surface area contributed by atoms with Crippen molar-refractivity contribution >= 4 is 34.7 Å². The molecule has 0 aliphatic carbocycles. The molecule has 0 fully saturated rings. The largest absolute Gasteiger partial charge is 0.503 e. The zero-order valence-corrected chi connectivity index (χ0v) is 18.2. The Morgan fingerprint density at radius 2 is 1.78 bits per heavy atom. The van der Waals surface area contributed by atoms with Crippen LogP contribution in [0, 0.1) is 0 Å². The van der Waals surface area contributed by atoms with Crippen LogP contribution in [0.2, 0.25) is 0 Å². The molecule has 1 N–H and O–H groups in total. The van der Waals surface area contributed by atoms with Gasteiger partial charge in [0.15, 0.2) is 5.76 Å². The summed E-state index contributed by atoms with van der Waals surface area (Å²) >= 11 is 1.24. The van der Waals surface area contributed by atoms with E-state index in [-0.39, 0.29) is 11.7 Å². The van der Waals surface area contributed by atoms with E-state index in [1.165, 1.54) is 16.2 Å². The summed E-state index contributed by atoms with van der Waals surface area (Å²) in [7, 11) is 0. The number of thiophene rings is 1. The molecule has 0 saturated carbocycles. The number of Topliss-reactive ketones (excluding diaryl/α,β-unsaturated/α-hetero) is 1. The molecule has 1 atom stereocenters. The van der Waals surface area contributed by atoms with Gasteiger partial charge in [-0.2, -0.15) is 0 Å². The van der Waals surface area contributed by atoms with Gasteiger partial charge in [-0.15, -0.1) is 11.3 Å². The van der Waals surface area contributed by atoms with E-state index in [0.29, 0.717) is 21.7 Å². The van der Waals surface area contributed by atoms with Crippen molar-refractivity contribution in [3.8, 4) is 0 Å². The summed E-state index contributed by atoms with van der Waals surface area (Å²) in [4.78, 5) is 44.3. The number of nitrogens with zero attached hydrogens (tertiary/aromatic N) is 2. The number of aromatic nitrogens is 1. The van der Waals surface area contributed by atoms with E-state index >= 15 is 0 Å². The van der Waals surface area contributed by atoms with Gasteiger partial charge in [-0.1, -0.05) is 6.07 Å². The lowest BCUT2D eigenvalue weighted by Crippen LogP contribution is -2.31. The van der Waals surface area contributed by atoms with Gasteiger partial charge >= 0.3 is 5.97 Å². The fourth-order valence-corrected chi connectivity index (χ4v) is 4.22. The maximum absolute atomic E-state index is 13.2. The molecule has 0 bridgehead atoms. The first-order chi connectivity index (χ1) is 15.4. The first-order valence-corrected chi connectivity index (χ1v) is 10.8. The van der Waals surface area contributed by atoms with Crippen LogP contribution in [0.15, 0.2) is 77.6 Å². The van der Waals surface area contributed by atoms with E-state index in [4.69, 9.17) is 4.74 Å². The number of carbonyl (C=O) groups is 3. The molecule has 7 nitrogen and oxygen atoms in total. The number of esters is 1. The predicted octanol–water partition coefficient (Wildman–Crippen LogP) is 4.49. The fraction of sp³-hybridized carbons (Fsp3) is 0.167. The zero-order valence-electron chi connectivity index (χ0n) is 17.4. The normalized spacial score (nSPS) is 16.0. The third-order valence-corrected chi connectivity index (χ3v) is 5.81. The van der Waals surface area contributed by atoms with E-state index in [0.717, 1.165) is 0 Å². The summed E-state index contributed by atoms with van der Waals surface area (Å²) in [5.41, 5.74) is 1.40. The molecule has 8 heteroatoms. The molecule has 1 aliphatic rings. The molecule has 2 aromatic heterocycles. The Kier molecular flexibility index (Phi) is 5.87. The number of hydrogen-bond donors (Lipinski definition) is 1. The monoisotopic (exact) mass is 448 g/mol. The molecule has 0 saturated heterocycles. The van der Waals surface area contributed by atoms with Crippen molar-refractivity contribution in [2.24, 2.45) is 0 Å². The molecule has 3 aromatic rings. The van der Waals surface area contributed by atoms with E-state index < -0.39 is 29.5 Å². The fourth-order valence-electron chi connectivity index (χ4n) is 3.55. The van der Waals surface area contributed by atoms with Crippen molar-refractivity contribution in [2.75, 3.05) is 4.90 Å². The van der Waals surface area contributed by atoms with E-state index in [1.54, 1.807) is 80.2 Å². The Balaban J connectivity index is 1.76. The van der Waals surface area contributed by atoms with Crippen molar-refractivity contribution in [1.29, 1.82) is 0 Å². The number of rotatable bonds is 6. The van der Waals surface area contributed by atoms with E-state index in [1.807, 2.05) is 0 Å². The Bertz CT molecular complexity index is 1180. The Labute approximate surface area is 188 Å². The highest BCUT2D eigenvalue weighted by Crippen LogP contribution is 2.42. The Morgan fingerprint density at radius 1 is 1.09 bits per heavy atom. The molecule has 1 unspecified atom stereocenters. The van der Waals surface area contributed by atoms with Gasteiger partial charge in [-0.25, -0.2) is 4.79 Å². The SMILES string of the molecule is CC(C)OC(=O)c1ccc(N2C(=O)C(O)=C(C(=O)c3cccs3)C2c2ccncc2)cc1. The van der Waals surface area contributed by atoms with Crippen LogP contribution in [0.4, 0.5) is 5.69 Å². The quantitative estimate of drug-likeness (QED) is 0.441. The van der Waals surface area contributed by atoms with Gasteiger partial charge in [-0.05, 0) is 67.3 Å². The average molecular weight is 449 g/mol. The maximum atomic E-state index is 13.2. The molecule has 0 spiro atoms. The van der Waals surface area contributed by atoms with Crippen molar-refractivity contribution in [2.45, 2.75) is 26.0 Å². The predicted molar refractivity (Wildman–Crippen MR) is 120 cm³/mol. The minimum absolute atomic E-state index is 0.00643. The summed E-state index contributed by atoms with van der Waals surface area (Å²) < 4.78 is 5.20. The lowest BCUT2D eigenvalue weighted by molar-refractivity contribution is -0.117. The number of hydrogen-bond acceptors (Lipinski definition) is 7. The van der Waals surface area contributed by atoms with Crippen LogP contribution >= 0.6 is 11.3 Å². The average Bonchev–Trinajstić information content (AvgIpc) is 3.41. The highest BCUT2D eigenvalue weighted by molar-refractivity contribution is 7.12. The van der Waals surface area contributed by atoms with E-state index in [9.17, 15) is 19.5 Å².